The number of rotatable bonds is 6. The number of imide groups is 1. The largest absolute Gasteiger partial charge is 0.492 e. The first kappa shape index (κ1) is 42.4. The smallest absolute Gasteiger partial charge is 0.252 e. The minimum absolute atomic E-state index is 0.0294. The van der Waals surface area contributed by atoms with Crippen LogP contribution in [0.5, 0.6) is 5.75 Å². The summed E-state index contributed by atoms with van der Waals surface area (Å²) in [5.74, 6) is 3.09. The molecule has 0 aromatic heterocycles. The summed E-state index contributed by atoms with van der Waals surface area (Å²) in [7, 11) is 1.92. The molecule has 12 heteroatoms. The van der Waals surface area contributed by atoms with Crippen LogP contribution >= 0.6 is 11.6 Å². The lowest BCUT2D eigenvalue weighted by molar-refractivity contribution is -0.132. The molecule has 3 aromatic rings. The van der Waals surface area contributed by atoms with Crippen molar-refractivity contribution < 1.29 is 23.9 Å². The zero-order chi connectivity index (χ0) is 43.3. The molecular formula is C51H61ClN6O5. The molecule has 0 bridgehead atoms. The second-order valence-electron chi connectivity index (χ2n) is 19.6. The zero-order valence-corrected chi connectivity index (χ0v) is 37.4. The van der Waals surface area contributed by atoms with E-state index in [2.05, 4.69) is 49.6 Å². The van der Waals surface area contributed by atoms with Crippen LogP contribution in [0.2, 0.25) is 5.02 Å². The van der Waals surface area contributed by atoms with Gasteiger partial charge in [0, 0.05) is 67.7 Å². The van der Waals surface area contributed by atoms with Crippen molar-refractivity contribution in [3.8, 4) is 5.75 Å². The first-order valence-electron chi connectivity index (χ1n) is 23.7. The van der Waals surface area contributed by atoms with Crippen LogP contribution in [0.25, 0.3) is 0 Å². The number of aliphatic imine (C=N–C) groups is 1. The number of amides is 3. The molecule has 63 heavy (non-hydrogen) atoms. The molecule has 3 saturated heterocycles. The standard InChI is InChI=1S/C46H54ClN5O3.C5H7NO2/c1-48-44-46(17-3-2-4-18-46)37-14-10-31(24-41(37)52(44)40-7-5-6-39(47)36(40)28-53)32-16-21-51(27-32)33-11-8-30(9-12-33)26-50-22-19-45(20-23-50)29-55-42-35-25-49-43(54)34(35)13-15-38(42)45;7-4-2-1-3-5(8)6-4/h5-7,10,13-15,24,28,30,32-33H,2-4,8-9,11-12,16-23,25-27,29H2,1H3,(H,49,54);1-3H2,(H,6,7,8). The molecule has 8 aliphatic rings. The fourth-order valence-electron chi connectivity index (χ4n) is 12.8. The molecule has 2 saturated carbocycles. The fourth-order valence-corrected chi connectivity index (χ4v) is 13.0. The molecule has 2 spiro atoms. The number of ether oxygens (including phenoxy) is 1. The van der Waals surface area contributed by atoms with E-state index in [1.54, 1.807) is 0 Å². The highest BCUT2D eigenvalue weighted by Crippen LogP contribution is 2.55. The number of fused-ring (bicyclic) bond motifs is 6. The van der Waals surface area contributed by atoms with Gasteiger partial charge in [-0.1, -0.05) is 55.1 Å². The minimum Gasteiger partial charge on any atom is -0.492 e. The summed E-state index contributed by atoms with van der Waals surface area (Å²) < 4.78 is 6.31. The second kappa shape index (κ2) is 17.4. The number of anilines is 2. The van der Waals surface area contributed by atoms with E-state index in [9.17, 15) is 19.2 Å². The molecule has 11 rings (SSSR count). The van der Waals surface area contributed by atoms with E-state index in [4.69, 9.17) is 21.3 Å². The van der Waals surface area contributed by atoms with E-state index in [1.807, 2.05) is 31.3 Å². The number of likely N-dealkylation sites (tertiary alicyclic amines) is 2. The van der Waals surface area contributed by atoms with Crippen LogP contribution in [-0.4, -0.2) is 92.1 Å². The lowest BCUT2D eigenvalue weighted by atomic mass is 9.69. The maximum atomic E-state index is 12.4. The second-order valence-corrected chi connectivity index (χ2v) is 20.0. The number of carbonyl (C=O) groups is 4. The van der Waals surface area contributed by atoms with Crippen molar-refractivity contribution in [2.75, 3.05) is 51.3 Å². The number of hydrogen-bond acceptors (Lipinski definition) is 8. The molecular weight excluding hydrogens is 812 g/mol. The van der Waals surface area contributed by atoms with Gasteiger partial charge in [-0.2, -0.15) is 0 Å². The normalized spacial score (nSPS) is 26.8. The zero-order valence-electron chi connectivity index (χ0n) is 36.7. The van der Waals surface area contributed by atoms with Gasteiger partial charge in [0.05, 0.1) is 34.0 Å². The first-order chi connectivity index (χ1) is 30.7. The third kappa shape index (κ3) is 7.69. The molecule has 3 amide bonds. The van der Waals surface area contributed by atoms with Gasteiger partial charge in [-0.25, -0.2) is 0 Å². The van der Waals surface area contributed by atoms with Crippen molar-refractivity contribution in [3.05, 3.63) is 86.9 Å². The van der Waals surface area contributed by atoms with Crippen molar-refractivity contribution >= 4 is 52.8 Å². The van der Waals surface area contributed by atoms with Crippen LogP contribution in [0.3, 0.4) is 0 Å². The summed E-state index contributed by atoms with van der Waals surface area (Å²) >= 11 is 6.62. The monoisotopic (exact) mass is 872 g/mol. The van der Waals surface area contributed by atoms with Crippen LogP contribution < -0.4 is 20.3 Å². The third-order valence-electron chi connectivity index (χ3n) is 16.2. The molecule has 6 aliphatic heterocycles. The van der Waals surface area contributed by atoms with Gasteiger partial charge in [0.2, 0.25) is 11.8 Å². The van der Waals surface area contributed by atoms with E-state index >= 15 is 0 Å². The van der Waals surface area contributed by atoms with Gasteiger partial charge in [-0.05, 0) is 131 Å². The van der Waals surface area contributed by atoms with Crippen LogP contribution in [-0.2, 0) is 27.0 Å². The molecule has 2 aliphatic carbocycles. The summed E-state index contributed by atoms with van der Waals surface area (Å²) in [4.78, 5) is 58.1. The van der Waals surface area contributed by atoms with Crippen molar-refractivity contribution in [1.29, 1.82) is 0 Å². The Hall–Kier alpha value is -4.58. The van der Waals surface area contributed by atoms with Crippen LogP contribution in [0, 0.1) is 5.92 Å². The summed E-state index contributed by atoms with van der Waals surface area (Å²) in [6.45, 7) is 7.11. The van der Waals surface area contributed by atoms with Crippen LogP contribution in [0.1, 0.15) is 145 Å². The number of hydrogen-bond donors (Lipinski definition) is 2. The number of amidine groups is 1. The highest BCUT2D eigenvalue weighted by Gasteiger charge is 2.50. The Balaban J connectivity index is 0.000000533. The number of nitrogens with zero attached hydrogens (tertiary/aromatic N) is 4. The Labute approximate surface area is 376 Å². The predicted molar refractivity (Wildman–Crippen MR) is 246 cm³/mol. The van der Waals surface area contributed by atoms with E-state index in [0.29, 0.717) is 48.4 Å². The minimum atomic E-state index is -0.138. The highest BCUT2D eigenvalue weighted by molar-refractivity contribution is 6.34. The number of carbonyl (C=O) groups excluding carboxylic acids is 4. The van der Waals surface area contributed by atoms with Gasteiger partial charge in [0.1, 0.15) is 11.6 Å². The Morgan fingerprint density at radius 2 is 1.62 bits per heavy atom. The fraction of sp³-hybridized carbons (Fsp3) is 0.549. The molecule has 1 atom stereocenters. The first-order valence-corrected chi connectivity index (χ1v) is 24.1. The predicted octanol–water partition coefficient (Wildman–Crippen LogP) is 8.37. The van der Waals surface area contributed by atoms with Gasteiger partial charge in [-0.15, -0.1) is 0 Å². The van der Waals surface area contributed by atoms with Gasteiger partial charge < -0.3 is 15.0 Å². The Bertz CT molecular complexity index is 2310. The summed E-state index contributed by atoms with van der Waals surface area (Å²) in [5, 5.41) is 5.66. The van der Waals surface area contributed by atoms with E-state index < -0.39 is 0 Å². The Kier molecular flexibility index (Phi) is 11.7. The van der Waals surface area contributed by atoms with Crippen LogP contribution in [0.15, 0.2) is 53.5 Å². The van der Waals surface area contributed by atoms with Crippen molar-refractivity contribution in [2.45, 2.75) is 126 Å². The van der Waals surface area contributed by atoms with E-state index in [-0.39, 0.29) is 28.6 Å². The van der Waals surface area contributed by atoms with Crippen molar-refractivity contribution in [2.24, 2.45) is 10.9 Å². The molecule has 6 heterocycles. The maximum Gasteiger partial charge on any atom is 0.252 e. The maximum absolute atomic E-state index is 12.4. The molecule has 2 N–H and O–H groups in total. The van der Waals surface area contributed by atoms with Gasteiger partial charge in [0.25, 0.3) is 5.91 Å². The summed E-state index contributed by atoms with van der Waals surface area (Å²) in [5.41, 5.74) is 8.53. The number of piperidine rings is 2. The average molecular weight is 874 g/mol. The molecule has 5 fully saturated rings. The number of halogens is 1. The molecule has 11 nitrogen and oxygen atoms in total. The SMILES string of the molecule is CN=C1N(c2cccc(Cl)c2C=O)c2cc(C3CCN(C4CCC(CN5CCC6(CC5)COc5c6ccc6c5CNC6=O)CC4)C3)ccc2C12CCCCC2.O=C1CCCC(=O)N1. The lowest BCUT2D eigenvalue weighted by Crippen LogP contribution is -2.46. The number of nitrogens with one attached hydrogen (secondary N) is 2. The Morgan fingerprint density at radius 3 is 2.33 bits per heavy atom. The molecule has 1 unspecified atom stereocenters. The van der Waals surface area contributed by atoms with E-state index in [1.165, 1.54) is 86.8 Å². The molecule has 0 radical (unpaired) electrons. The topological polar surface area (TPSA) is 124 Å². The number of benzene rings is 3. The van der Waals surface area contributed by atoms with Crippen molar-refractivity contribution in [3.63, 3.8) is 0 Å². The van der Waals surface area contributed by atoms with Gasteiger partial charge in [0.15, 0.2) is 6.29 Å². The van der Waals surface area contributed by atoms with Crippen LogP contribution in [0.4, 0.5) is 11.4 Å². The van der Waals surface area contributed by atoms with Gasteiger partial charge >= 0.3 is 0 Å². The number of aldehydes is 1. The average Bonchev–Trinajstić information content (AvgIpc) is 4.09. The summed E-state index contributed by atoms with van der Waals surface area (Å²) in [6.07, 6.45) is 17.2. The quantitative estimate of drug-likeness (QED) is 0.187. The highest BCUT2D eigenvalue weighted by atomic mass is 35.5. The Morgan fingerprint density at radius 1 is 0.857 bits per heavy atom. The molecule has 332 valence electrons. The van der Waals surface area contributed by atoms with Gasteiger partial charge in [-0.3, -0.25) is 39.3 Å². The van der Waals surface area contributed by atoms with Crippen molar-refractivity contribution in [1.82, 2.24) is 20.4 Å². The third-order valence-corrected chi connectivity index (χ3v) is 16.5. The lowest BCUT2D eigenvalue weighted by Gasteiger charge is -2.41. The van der Waals surface area contributed by atoms with E-state index in [0.717, 1.165) is 92.5 Å². The molecule has 3 aromatic carbocycles. The summed E-state index contributed by atoms with van der Waals surface area (Å²) in [6, 6.07) is 17.9.